The Bertz CT molecular complexity index is 390. The molecule has 0 bridgehead atoms. The van der Waals surface area contributed by atoms with Crippen molar-refractivity contribution < 1.29 is 9.47 Å². The lowest BCUT2D eigenvalue weighted by Crippen LogP contribution is -2.31. The maximum absolute atomic E-state index is 6.11. The number of benzene rings is 1. The maximum atomic E-state index is 6.11. The topological polar surface area (TPSA) is 30.5 Å². The van der Waals surface area contributed by atoms with Gasteiger partial charge in [-0.1, -0.05) is 29.8 Å². The summed E-state index contributed by atoms with van der Waals surface area (Å²) in [5, 5.41) is 3.35. The highest BCUT2D eigenvalue weighted by Crippen LogP contribution is 2.24. The van der Waals surface area contributed by atoms with Crippen LogP contribution in [0.5, 0.6) is 0 Å². The van der Waals surface area contributed by atoms with Crippen molar-refractivity contribution in [3.05, 3.63) is 35.4 Å². The number of nitrogens with one attached hydrogen (secondary N) is 1. The first-order valence-electron chi connectivity index (χ1n) is 7.61. The Kier molecular flexibility index (Phi) is 6.02. The Balaban J connectivity index is 1.85. The lowest BCUT2D eigenvalue weighted by atomic mass is 9.95. The molecule has 112 valence electrons. The van der Waals surface area contributed by atoms with Crippen molar-refractivity contribution in [2.24, 2.45) is 0 Å². The van der Waals surface area contributed by atoms with Crippen LogP contribution in [0.2, 0.25) is 0 Å². The molecule has 0 radical (unpaired) electrons. The molecule has 3 heteroatoms. The number of likely N-dealkylation sites (N-methyl/N-ethyl adjacent to an activating group) is 1. The zero-order chi connectivity index (χ0) is 14.4. The van der Waals surface area contributed by atoms with Crippen molar-refractivity contribution >= 4 is 0 Å². The van der Waals surface area contributed by atoms with Crippen LogP contribution < -0.4 is 5.32 Å². The summed E-state index contributed by atoms with van der Waals surface area (Å²) in [4.78, 5) is 0. The van der Waals surface area contributed by atoms with Crippen LogP contribution in [0.1, 0.15) is 42.9 Å². The van der Waals surface area contributed by atoms with E-state index in [9.17, 15) is 0 Å². The molecule has 0 aromatic heterocycles. The smallest absolute Gasteiger partial charge is 0.0665 e. The van der Waals surface area contributed by atoms with E-state index in [0.29, 0.717) is 12.2 Å². The molecule has 0 heterocycles. The summed E-state index contributed by atoms with van der Waals surface area (Å²) in [6.07, 6.45) is 5.28. The van der Waals surface area contributed by atoms with Gasteiger partial charge in [-0.3, -0.25) is 0 Å². The fourth-order valence-electron chi connectivity index (χ4n) is 2.84. The van der Waals surface area contributed by atoms with Crippen molar-refractivity contribution in [2.75, 3.05) is 20.8 Å². The second-order valence-electron chi connectivity index (χ2n) is 5.73. The summed E-state index contributed by atoms with van der Waals surface area (Å²) >= 11 is 0. The number of ether oxygens (including phenoxy) is 2. The van der Waals surface area contributed by atoms with Gasteiger partial charge in [0, 0.05) is 7.11 Å². The van der Waals surface area contributed by atoms with Crippen LogP contribution in [0.15, 0.2) is 24.3 Å². The summed E-state index contributed by atoms with van der Waals surface area (Å²) in [6.45, 7) is 2.84. The van der Waals surface area contributed by atoms with Crippen molar-refractivity contribution in [3.63, 3.8) is 0 Å². The molecule has 0 spiro atoms. The minimum atomic E-state index is 0.263. The molecular formula is C17H27NO2. The van der Waals surface area contributed by atoms with E-state index < -0.39 is 0 Å². The molecule has 1 saturated carbocycles. The average Bonchev–Trinajstić information content (AvgIpc) is 2.50. The Labute approximate surface area is 122 Å². The van der Waals surface area contributed by atoms with Crippen LogP contribution in [-0.2, 0) is 9.47 Å². The van der Waals surface area contributed by atoms with Gasteiger partial charge in [0.05, 0.1) is 24.9 Å². The molecular weight excluding hydrogens is 250 g/mol. The summed E-state index contributed by atoms with van der Waals surface area (Å²) < 4.78 is 11.6. The monoisotopic (exact) mass is 277 g/mol. The molecule has 1 aromatic carbocycles. The Hall–Kier alpha value is -0.900. The van der Waals surface area contributed by atoms with E-state index in [-0.39, 0.29) is 6.04 Å². The van der Waals surface area contributed by atoms with E-state index >= 15 is 0 Å². The van der Waals surface area contributed by atoms with Crippen molar-refractivity contribution in [1.29, 1.82) is 0 Å². The molecule has 3 nitrogen and oxygen atoms in total. The number of methoxy groups -OCH3 is 1. The summed E-state index contributed by atoms with van der Waals surface area (Å²) in [5.41, 5.74) is 2.58. The largest absolute Gasteiger partial charge is 0.381 e. The molecule has 1 aliphatic rings. The molecule has 2 rings (SSSR count). The standard InChI is InChI=1S/C17H27NO2/c1-13-7-9-14(10-8-13)17(18-2)12-20-16-6-4-5-15(11-16)19-3/h7-10,15-18H,4-6,11-12H2,1-3H3. The van der Waals surface area contributed by atoms with Gasteiger partial charge < -0.3 is 14.8 Å². The minimum absolute atomic E-state index is 0.263. The van der Waals surface area contributed by atoms with Crippen LogP contribution in [0, 0.1) is 6.92 Å². The number of hydrogen-bond acceptors (Lipinski definition) is 3. The van der Waals surface area contributed by atoms with Gasteiger partial charge >= 0.3 is 0 Å². The van der Waals surface area contributed by atoms with Crippen LogP contribution in [0.25, 0.3) is 0 Å². The van der Waals surface area contributed by atoms with E-state index in [1.54, 1.807) is 7.11 Å². The van der Waals surface area contributed by atoms with E-state index in [1.165, 1.54) is 24.0 Å². The molecule has 0 aliphatic heterocycles. The second kappa shape index (κ2) is 7.77. The highest BCUT2D eigenvalue weighted by atomic mass is 16.5. The third-order valence-electron chi connectivity index (χ3n) is 4.24. The summed E-state index contributed by atoms with van der Waals surface area (Å²) in [7, 11) is 3.79. The number of rotatable bonds is 6. The third-order valence-corrected chi connectivity index (χ3v) is 4.24. The summed E-state index contributed by atoms with van der Waals surface area (Å²) in [5.74, 6) is 0. The molecule has 1 aromatic rings. The maximum Gasteiger partial charge on any atom is 0.0665 e. The highest BCUT2D eigenvalue weighted by molar-refractivity contribution is 5.24. The van der Waals surface area contributed by atoms with Crippen LogP contribution in [0.3, 0.4) is 0 Å². The molecule has 0 saturated heterocycles. The predicted molar refractivity (Wildman–Crippen MR) is 82.0 cm³/mol. The minimum Gasteiger partial charge on any atom is -0.381 e. The van der Waals surface area contributed by atoms with E-state index in [2.05, 4.69) is 36.5 Å². The quantitative estimate of drug-likeness (QED) is 0.866. The molecule has 3 unspecified atom stereocenters. The van der Waals surface area contributed by atoms with E-state index in [4.69, 9.17) is 9.47 Å². The number of hydrogen-bond donors (Lipinski definition) is 1. The van der Waals surface area contributed by atoms with Gasteiger partial charge in [0.2, 0.25) is 0 Å². The Morgan fingerprint density at radius 2 is 1.90 bits per heavy atom. The molecule has 0 amide bonds. The summed E-state index contributed by atoms with van der Waals surface area (Å²) in [6, 6.07) is 8.93. The first kappa shape index (κ1) is 15.5. The van der Waals surface area contributed by atoms with Crippen molar-refractivity contribution in [2.45, 2.75) is 50.9 Å². The van der Waals surface area contributed by atoms with Gasteiger partial charge in [0.25, 0.3) is 0 Å². The van der Waals surface area contributed by atoms with Gasteiger partial charge in [-0.25, -0.2) is 0 Å². The van der Waals surface area contributed by atoms with Crippen molar-refractivity contribution in [1.82, 2.24) is 5.32 Å². The fourth-order valence-corrected chi connectivity index (χ4v) is 2.84. The van der Waals surface area contributed by atoms with E-state index in [1.807, 2.05) is 7.05 Å². The van der Waals surface area contributed by atoms with Gasteiger partial charge in [-0.05, 0) is 45.2 Å². The number of aryl methyl sites for hydroxylation is 1. The zero-order valence-corrected chi connectivity index (χ0v) is 12.9. The zero-order valence-electron chi connectivity index (χ0n) is 12.9. The van der Waals surface area contributed by atoms with Crippen LogP contribution in [-0.4, -0.2) is 33.0 Å². The van der Waals surface area contributed by atoms with Gasteiger partial charge in [-0.2, -0.15) is 0 Å². The molecule has 1 fully saturated rings. The lowest BCUT2D eigenvalue weighted by Gasteiger charge is -2.29. The van der Waals surface area contributed by atoms with E-state index in [0.717, 1.165) is 19.4 Å². The molecule has 1 aliphatic carbocycles. The molecule has 1 N–H and O–H groups in total. The van der Waals surface area contributed by atoms with Gasteiger partial charge in [-0.15, -0.1) is 0 Å². The fraction of sp³-hybridized carbons (Fsp3) is 0.647. The second-order valence-corrected chi connectivity index (χ2v) is 5.73. The molecule has 20 heavy (non-hydrogen) atoms. The first-order valence-corrected chi connectivity index (χ1v) is 7.61. The van der Waals surface area contributed by atoms with Gasteiger partial charge in [0.1, 0.15) is 0 Å². The van der Waals surface area contributed by atoms with Gasteiger partial charge in [0.15, 0.2) is 0 Å². The van der Waals surface area contributed by atoms with Crippen molar-refractivity contribution in [3.8, 4) is 0 Å². The van der Waals surface area contributed by atoms with Crippen LogP contribution >= 0.6 is 0 Å². The third kappa shape index (κ3) is 4.30. The normalized spacial score (nSPS) is 24.6. The lowest BCUT2D eigenvalue weighted by molar-refractivity contribution is -0.0352. The highest BCUT2D eigenvalue weighted by Gasteiger charge is 2.23. The first-order chi connectivity index (χ1) is 9.72. The average molecular weight is 277 g/mol. The molecule has 3 atom stereocenters. The van der Waals surface area contributed by atoms with Crippen LogP contribution in [0.4, 0.5) is 0 Å². The SMILES string of the molecule is CNC(COC1CCCC(OC)C1)c1ccc(C)cc1. The Morgan fingerprint density at radius 1 is 1.20 bits per heavy atom. The predicted octanol–water partition coefficient (Wildman–Crippen LogP) is 3.23. The Morgan fingerprint density at radius 3 is 2.55 bits per heavy atom.